The molecule has 0 aromatic carbocycles. The van der Waals surface area contributed by atoms with Crippen LogP contribution in [0, 0.1) is 0 Å². The lowest BCUT2D eigenvalue weighted by Gasteiger charge is -2.10. The Morgan fingerprint density at radius 3 is 2.81 bits per heavy atom. The zero-order valence-corrected chi connectivity index (χ0v) is 11.0. The van der Waals surface area contributed by atoms with Gasteiger partial charge in [0.25, 0.3) is 0 Å². The van der Waals surface area contributed by atoms with Crippen molar-refractivity contribution in [2.24, 2.45) is 0 Å². The van der Waals surface area contributed by atoms with Crippen molar-refractivity contribution in [3.05, 3.63) is 16.7 Å². The van der Waals surface area contributed by atoms with Crippen LogP contribution in [0.4, 0.5) is 5.82 Å². The van der Waals surface area contributed by atoms with Gasteiger partial charge in [0, 0.05) is 6.20 Å². The number of ether oxygens (including phenoxy) is 1. The molecule has 1 aromatic rings. The van der Waals surface area contributed by atoms with Gasteiger partial charge in [-0.25, -0.2) is 13.4 Å². The highest BCUT2D eigenvalue weighted by Crippen LogP contribution is 2.35. The van der Waals surface area contributed by atoms with Crippen molar-refractivity contribution in [3.8, 4) is 5.75 Å². The van der Waals surface area contributed by atoms with Crippen LogP contribution in [-0.2, 0) is 10.0 Å². The Morgan fingerprint density at radius 2 is 2.25 bits per heavy atom. The molecule has 0 bridgehead atoms. The van der Waals surface area contributed by atoms with E-state index in [1.165, 1.54) is 6.20 Å². The van der Waals surface area contributed by atoms with E-state index in [-0.39, 0.29) is 11.9 Å². The summed E-state index contributed by atoms with van der Waals surface area (Å²) in [5, 5.41) is 0. The predicted octanol–water partition coefficient (Wildman–Crippen LogP) is 1.76. The molecular formula is C9H11BrN2O3S. The van der Waals surface area contributed by atoms with Crippen molar-refractivity contribution < 1.29 is 13.2 Å². The first-order valence-corrected chi connectivity index (χ1v) is 7.43. The van der Waals surface area contributed by atoms with Gasteiger partial charge >= 0.3 is 0 Å². The van der Waals surface area contributed by atoms with Gasteiger partial charge in [0.2, 0.25) is 10.0 Å². The molecule has 0 amide bonds. The van der Waals surface area contributed by atoms with E-state index in [0.717, 1.165) is 19.1 Å². The molecule has 7 heteroatoms. The number of hydrogen-bond acceptors (Lipinski definition) is 4. The van der Waals surface area contributed by atoms with Gasteiger partial charge in [-0.15, -0.1) is 0 Å². The molecule has 1 fully saturated rings. The minimum absolute atomic E-state index is 0.251. The number of pyridine rings is 1. The van der Waals surface area contributed by atoms with E-state index in [0.29, 0.717) is 10.2 Å². The fraction of sp³-hybridized carbons (Fsp3) is 0.444. The van der Waals surface area contributed by atoms with E-state index in [4.69, 9.17) is 4.74 Å². The number of hydrogen-bond donors (Lipinski definition) is 1. The Labute approximate surface area is 102 Å². The highest BCUT2D eigenvalue weighted by Gasteiger charge is 2.25. The minimum atomic E-state index is -3.33. The summed E-state index contributed by atoms with van der Waals surface area (Å²) in [6.07, 6.45) is 4.93. The molecule has 0 saturated heterocycles. The third-order valence-electron chi connectivity index (χ3n) is 1.95. The Balaban J connectivity index is 2.24. The maximum Gasteiger partial charge on any atom is 0.231 e. The Morgan fingerprint density at radius 1 is 1.56 bits per heavy atom. The van der Waals surface area contributed by atoms with E-state index in [9.17, 15) is 8.42 Å². The molecule has 0 aliphatic heterocycles. The summed E-state index contributed by atoms with van der Waals surface area (Å²) in [4.78, 5) is 3.93. The van der Waals surface area contributed by atoms with Crippen molar-refractivity contribution in [3.63, 3.8) is 0 Å². The molecule has 1 aliphatic rings. The third kappa shape index (κ3) is 3.08. The lowest BCUT2D eigenvalue weighted by atomic mass is 10.4. The van der Waals surface area contributed by atoms with Crippen LogP contribution < -0.4 is 9.46 Å². The summed E-state index contributed by atoms with van der Waals surface area (Å²) in [6, 6.07) is 1.70. The van der Waals surface area contributed by atoms with Crippen LogP contribution in [0.25, 0.3) is 0 Å². The smallest absolute Gasteiger partial charge is 0.231 e. The first-order chi connectivity index (χ1) is 7.46. The lowest BCUT2D eigenvalue weighted by Crippen LogP contribution is -2.11. The molecule has 5 nitrogen and oxygen atoms in total. The highest BCUT2D eigenvalue weighted by atomic mass is 79.9. The molecule has 1 aliphatic carbocycles. The normalized spacial score (nSPS) is 15.9. The summed E-state index contributed by atoms with van der Waals surface area (Å²) in [5.74, 6) is 0.865. The zero-order chi connectivity index (χ0) is 11.8. The molecule has 0 radical (unpaired) electrons. The van der Waals surface area contributed by atoms with E-state index >= 15 is 0 Å². The van der Waals surface area contributed by atoms with Crippen LogP contribution in [0.2, 0.25) is 0 Å². The molecule has 1 heterocycles. The number of rotatable bonds is 4. The summed E-state index contributed by atoms with van der Waals surface area (Å²) >= 11 is 3.28. The van der Waals surface area contributed by atoms with Crippen LogP contribution in [0.3, 0.4) is 0 Å². The molecule has 0 atom stereocenters. The van der Waals surface area contributed by atoms with Gasteiger partial charge in [-0.05, 0) is 34.8 Å². The van der Waals surface area contributed by atoms with Gasteiger partial charge in [-0.2, -0.15) is 0 Å². The lowest BCUT2D eigenvalue weighted by molar-refractivity contribution is 0.301. The maximum atomic E-state index is 11.1. The van der Waals surface area contributed by atoms with Gasteiger partial charge in [-0.3, -0.25) is 4.72 Å². The third-order valence-corrected chi connectivity index (χ3v) is 3.28. The molecule has 1 saturated carbocycles. The van der Waals surface area contributed by atoms with Crippen LogP contribution >= 0.6 is 15.9 Å². The highest BCUT2D eigenvalue weighted by molar-refractivity contribution is 9.10. The second-order valence-electron chi connectivity index (χ2n) is 3.66. The van der Waals surface area contributed by atoms with E-state index in [1.54, 1.807) is 6.07 Å². The molecule has 0 spiro atoms. The number of aromatic nitrogens is 1. The fourth-order valence-corrected chi connectivity index (χ4v) is 2.19. The van der Waals surface area contributed by atoms with Crippen LogP contribution in [0.1, 0.15) is 12.8 Å². The minimum Gasteiger partial charge on any atom is -0.489 e. The molecule has 1 N–H and O–H groups in total. The molecule has 16 heavy (non-hydrogen) atoms. The number of anilines is 1. The first kappa shape index (κ1) is 11.7. The number of halogens is 1. The molecular weight excluding hydrogens is 296 g/mol. The molecule has 88 valence electrons. The van der Waals surface area contributed by atoms with Crippen LogP contribution in [-0.4, -0.2) is 25.8 Å². The average Bonchev–Trinajstić information content (AvgIpc) is 2.93. The summed E-state index contributed by atoms with van der Waals surface area (Å²) in [7, 11) is -3.33. The predicted molar refractivity (Wildman–Crippen MR) is 64.1 cm³/mol. The number of sulfonamides is 1. The molecule has 2 rings (SSSR count). The zero-order valence-electron chi connectivity index (χ0n) is 8.60. The largest absolute Gasteiger partial charge is 0.489 e. The van der Waals surface area contributed by atoms with Gasteiger partial charge in [0.15, 0.2) is 5.82 Å². The van der Waals surface area contributed by atoms with E-state index in [2.05, 4.69) is 25.6 Å². The van der Waals surface area contributed by atoms with E-state index < -0.39 is 10.0 Å². The second kappa shape index (κ2) is 4.21. The van der Waals surface area contributed by atoms with Crippen LogP contribution in [0.5, 0.6) is 5.75 Å². The van der Waals surface area contributed by atoms with Crippen molar-refractivity contribution in [2.45, 2.75) is 18.9 Å². The van der Waals surface area contributed by atoms with Crippen LogP contribution in [0.15, 0.2) is 16.7 Å². The SMILES string of the molecule is CS(=O)(=O)Nc1nccc(OC2CC2)c1Br. The van der Waals surface area contributed by atoms with Gasteiger partial charge in [0.05, 0.1) is 12.4 Å². The van der Waals surface area contributed by atoms with Crippen molar-refractivity contribution in [1.82, 2.24) is 4.98 Å². The topological polar surface area (TPSA) is 68.3 Å². The Kier molecular flexibility index (Phi) is 3.07. The van der Waals surface area contributed by atoms with Gasteiger partial charge in [-0.1, -0.05) is 0 Å². The summed E-state index contributed by atoms with van der Waals surface area (Å²) in [5.41, 5.74) is 0. The fourth-order valence-electron chi connectivity index (χ4n) is 1.13. The first-order valence-electron chi connectivity index (χ1n) is 4.74. The van der Waals surface area contributed by atoms with Gasteiger partial charge < -0.3 is 4.74 Å². The Hall–Kier alpha value is -0.820. The molecule has 1 aromatic heterocycles. The summed E-state index contributed by atoms with van der Waals surface area (Å²) in [6.45, 7) is 0. The second-order valence-corrected chi connectivity index (χ2v) is 6.20. The van der Waals surface area contributed by atoms with Gasteiger partial charge in [0.1, 0.15) is 10.2 Å². The van der Waals surface area contributed by atoms with Crippen molar-refractivity contribution in [1.29, 1.82) is 0 Å². The monoisotopic (exact) mass is 306 g/mol. The number of nitrogens with one attached hydrogen (secondary N) is 1. The summed E-state index contributed by atoms with van der Waals surface area (Å²) < 4.78 is 30.6. The molecule has 0 unspecified atom stereocenters. The average molecular weight is 307 g/mol. The van der Waals surface area contributed by atoms with E-state index in [1.807, 2.05) is 0 Å². The Bertz CT molecular complexity index is 499. The quantitative estimate of drug-likeness (QED) is 0.920. The van der Waals surface area contributed by atoms with Crippen molar-refractivity contribution >= 4 is 31.8 Å². The maximum absolute atomic E-state index is 11.1. The van der Waals surface area contributed by atoms with Crippen molar-refractivity contribution in [2.75, 3.05) is 11.0 Å². The standard InChI is InChI=1S/C9H11BrN2O3S/c1-16(13,14)12-9-8(10)7(4-5-11-9)15-6-2-3-6/h4-6H,2-3H2,1H3,(H,11,12). The number of nitrogens with zero attached hydrogens (tertiary/aromatic N) is 1.